The van der Waals surface area contributed by atoms with Crippen LogP contribution in [0.25, 0.3) is 11.3 Å². The number of nitrogens with zero attached hydrogens (tertiary/aromatic N) is 1. The maximum absolute atomic E-state index is 12.8. The van der Waals surface area contributed by atoms with E-state index < -0.39 is 0 Å². The number of rotatable bonds is 4. The van der Waals surface area contributed by atoms with Gasteiger partial charge in [-0.15, -0.1) is 0 Å². The first kappa shape index (κ1) is 11.8. The Morgan fingerprint density at radius 1 is 1.35 bits per heavy atom. The van der Waals surface area contributed by atoms with Crippen LogP contribution in [0.3, 0.4) is 0 Å². The molecule has 2 rings (SSSR count). The number of nitrogens with two attached hydrogens (primary N) is 1. The highest BCUT2D eigenvalue weighted by Crippen LogP contribution is 2.22. The van der Waals surface area contributed by atoms with Gasteiger partial charge < -0.3 is 10.8 Å². The number of aromatic amines is 1. The second-order valence-electron chi connectivity index (χ2n) is 3.92. The predicted octanol–water partition coefficient (Wildman–Crippen LogP) is 1.08. The molecule has 0 fully saturated rings. The summed E-state index contributed by atoms with van der Waals surface area (Å²) in [6.07, 6.45) is 2.20. The van der Waals surface area contributed by atoms with Crippen molar-refractivity contribution in [3.05, 3.63) is 41.8 Å². The lowest BCUT2D eigenvalue weighted by Gasteiger charge is -2.08. The topological polar surface area (TPSA) is 74.9 Å². The van der Waals surface area contributed by atoms with Crippen LogP contribution in [0, 0.1) is 5.82 Å². The number of aliphatic hydroxyl groups excluding tert-OH is 1. The Labute approximate surface area is 98.3 Å². The fourth-order valence-corrected chi connectivity index (χ4v) is 1.68. The van der Waals surface area contributed by atoms with Crippen LogP contribution in [0.1, 0.15) is 5.56 Å². The Morgan fingerprint density at radius 3 is 2.71 bits per heavy atom. The summed E-state index contributed by atoms with van der Waals surface area (Å²) < 4.78 is 12.8. The van der Waals surface area contributed by atoms with Crippen LogP contribution < -0.4 is 5.73 Å². The lowest BCUT2D eigenvalue weighted by Crippen LogP contribution is -2.26. The molecule has 0 bridgehead atoms. The van der Waals surface area contributed by atoms with Gasteiger partial charge in [0.1, 0.15) is 5.82 Å². The molecule has 1 heterocycles. The van der Waals surface area contributed by atoms with E-state index in [4.69, 9.17) is 10.8 Å². The molecule has 1 aromatic heterocycles. The zero-order valence-electron chi connectivity index (χ0n) is 9.23. The minimum Gasteiger partial charge on any atom is -0.395 e. The van der Waals surface area contributed by atoms with Crippen molar-refractivity contribution in [3.63, 3.8) is 0 Å². The van der Waals surface area contributed by atoms with Gasteiger partial charge in [0.15, 0.2) is 0 Å². The van der Waals surface area contributed by atoms with Gasteiger partial charge in [-0.25, -0.2) is 4.39 Å². The van der Waals surface area contributed by atoms with Gasteiger partial charge in [-0.3, -0.25) is 5.10 Å². The van der Waals surface area contributed by atoms with Gasteiger partial charge in [0.25, 0.3) is 0 Å². The molecular weight excluding hydrogens is 221 g/mol. The molecule has 1 unspecified atom stereocenters. The maximum Gasteiger partial charge on any atom is 0.123 e. The van der Waals surface area contributed by atoms with Gasteiger partial charge in [0.05, 0.1) is 18.5 Å². The Kier molecular flexibility index (Phi) is 3.51. The van der Waals surface area contributed by atoms with Crippen LogP contribution in [0.5, 0.6) is 0 Å². The summed E-state index contributed by atoms with van der Waals surface area (Å²) in [6.45, 7) is -0.0754. The Morgan fingerprint density at radius 2 is 2.06 bits per heavy atom. The summed E-state index contributed by atoms with van der Waals surface area (Å²) in [7, 11) is 0. The van der Waals surface area contributed by atoms with Crippen LogP contribution in [-0.4, -0.2) is 28.0 Å². The average molecular weight is 235 g/mol. The third-order valence-corrected chi connectivity index (χ3v) is 2.57. The van der Waals surface area contributed by atoms with E-state index in [0.717, 1.165) is 16.8 Å². The van der Waals surface area contributed by atoms with E-state index in [1.807, 2.05) is 0 Å². The second-order valence-corrected chi connectivity index (χ2v) is 3.92. The van der Waals surface area contributed by atoms with E-state index in [-0.39, 0.29) is 18.5 Å². The van der Waals surface area contributed by atoms with Gasteiger partial charge in [-0.1, -0.05) is 0 Å². The normalized spacial score (nSPS) is 12.6. The number of H-pyrrole nitrogens is 1. The summed E-state index contributed by atoms with van der Waals surface area (Å²) in [6, 6.07) is 5.83. The smallest absolute Gasteiger partial charge is 0.123 e. The summed E-state index contributed by atoms with van der Waals surface area (Å²) in [5.74, 6) is -0.276. The molecule has 4 N–H and O–H groups in total. The van der Waals surface area contributed by atoms with Crippen molar-refractivity contribution < 1.29 is 9.50 Å². The molecule has 1 atom stereocenters. The molecule has 0 aliphatic heterocycles. The molecule has 0 saturated carbocycles. The van der Waals surface area contributed by atoms with Gasteiger partial charge in [-0.2, -0.15) is 5.10 Å². The highest BCUT2D eigenvalue weighted by molar-refractivity contribution is 5.62. The molecule has 0 spiro atoms. The van der Waals surface area contributed by atoms with E-state index in [9.17, 15) is 4.39 Å². The molecule has 90 valence electrons. The average Bonchev–Trinajstić information content (AvgIpc) is 2.78. The molecule has 0 saturated heterocycles. The highest BCUT2D eigenvalue weighted by Gasteiger charge is 2.11. The van der Waals surface area contributed by atoms with E-state index in [1.165, 1.54) is 12.1 Å². The number of halogens is 1. The first-order chi connectivity index (χ1) is 8.20. The molecular formula is C12H14FN3O. The van der Waals surface area contributed by atoms with E-state index >= 15 is 0 Å². The van der Waals surface area contributed by atoms with Gasteiger partial charge >= 0.3 is 0 Å². The molecule has 4 nitrogen and oxygen atoms in total. The molecule has 5 heteroatoms. The number of nitrogens with one attached hydrogen (secondary N) is 1. The monoisotopic (exact) mass is 235 g/mol. The van der Waals surface area contributed by atoms with Crippen molar-refractivity contribution in [2.75, 3.05) is 6.61 Å². The number of hydrogen-bond acceptors (Lipinski definition) is 3. The van der Waals surface area contributed by atoms with Gasteiger partial charge in [0.2, 0.25) is 0 Å². The Hall–Kier alpha value is -1.72. The van der Waals surface area contributed by atoms with Crippen LogP contribution in [-0.2, 0) is 6.42 Å². The van der Waals surface area contributed by atoms with Crippen molar-refractivity contribution in [2.24, 2.45) is 5.73 Å². The second kappa shape index (κ2) is 5.07. The molecule has 17 heavy (non-hydrogen) atoms. The van der Waals surface area contributed by atoms with E-state index in [0.29, 0.717) is 6.42 Å². The minimum absolute atomic E-state index is 0.0754. The van der Waals surface area contributed by atoms with Crippen molar-refractivity contribution in [3.8, 4) is 11.3 Å². The summed E-state index contributed by atoms with van der Waals surface area (Å²) >= 11 is 0. The first-order valence-corrected chi connectivity index (χ1v) is 5.35. The lowest BCUT2D eigenvalue weighted by atomic mass is 10.0. The maximum atomic E-state index is 12.8. The molecule has 2 aromatic rings. The number of aliphatic hydroxyl groups is 1. The molecule has 1 aromatic carbocycles. The zero-order valence-corrected chi connectivity index (χ0v) is 9.23. The third-order valence-electron chi connectivity index (χ3n) is 2.57. The predicted molar refractivity (Wildman–Crippen MR) is 62.7 cm³/mol. The quantitative estimate of drug-likeness (QED) is 0.742. The Balaban J connectivity index is 2.27. The largest absolute Gasteiger partial charge is 0.395 e. The number of aromatic nitrogens is 2. The van der Waals surface area contributed by atoms with Crippen LogP contribution >= 0.6 is 0 Å². The fraction of sp³-hybridized carbons (Fsp3) is 0.250. The van der Waals surface area contributed by atoms with E-state index in [1.54, 1.807) is 18.3 Å². The summed E-state index contributed by atoms with van der Waals surface area (Å²) in [5, 5.41) is 15.7. The van der Waals surface area contributed by atoms with E-state index in [2.05, 4.69) is 10.2 Å². The number of benzene rings is 1. The molecule has 0 amide bonds. The van der Waals surface area contributed by atoms with Crippen LogP contribution in [0.2, 0.25) is 0 Å². The van der Waals surface area contributed by atoms with Crippen LogP contribution in [0.15, 0.2) is 30.5 Å². The number of hydrogen-bond donors (Lipinski definition) is 3. The van der Waals surface area contributed by atoms with Gasteiger partial charge in [0, 0.05) is 11.6 Å². The third kappa shape index (κ3) is 2.69. The molecule has 0 aliphatic carbocycles. The highest BCUT2D eigenvalue weighted by atomic mass is 19.1. The summed E-state index contributed by atoms with van der Waals surface area (Å²) in [4.78, 5) is 0. The van der Waals surface area contributed by atoms with Gasteiger partial charge in [-0.05, 0) is 36.2 Å². The Bertz CT molecular complexity index is 481. The molecule has 0 aliphatic rings. The van der Waals surface area contributed by atoms with Crippen molar-refractivity contribution in [2.45, 2.75) is 12.5 Å². The lowest BCUT2D eigenvalue weighted by molar-refractivity contribution is 0.265. The standard InChI is InChI=1S/C12H14FN3O/c13-10-3-1-8(2-4-10)12-9(6-15-16-12)5-11(14)7-17/h1-4,6,11,17H,5,7,14H2,(H,15,16). The zero-order chi connectivity index (χ0) is 12.3. The minimum atomic E-state index is -0.313. The first-order valence-electron chi connectivity index (χ1n) is 5.35. The van der Waals surface area contributed by atoms with Crippen molar-refractivity contribution in [1.29, 1.82) is 0 Å². The van der Waals surface area contributed by atoms with Crippen molar-refractivity contribution in [1.82, 2.24) is 10.2 Å². The van der Waals surface area contributed by atoms with Crippen molar-refractivity contribution >= 4 is 0 Å². The van der Waals surface area contributed by atoms with Crippen LogP contribution in [0.4, 0.5) is 4.39 Å². The SMILES string of the molecule is NC(CO)Cc1cn[nH]c1-c1ccc(F)cc1. The summed E-state index contributed by atoms with van der Waals surface area (Å²) in [5.41, 5.74) is 8.26. The fourth-order valence-electron chi connectivity index (χ4n) is 1.68. The molecule has 0 radical (unpaired) electrons.